The third kappa shape index (κ3) is 2.75. The molecule has 2 saturated carbocycles. The van der Waals surface area contributed by atoms with E-state index in [-0.39, 0.29) is 0 Å². The standard InChI is InChI=1S/C16H32N2/c1-11-7-8-13(10-12(11)2)15(18-17)14-6-5-9-16(14,3)4/h11-15,18H,5-10,17H2,1-4H3. The van der Waals surface area contributed by atoms with Gasteiger partial charge in [-0.1, -0.05) is 40.5 Å². The molecule has 2 heteroatoms. The molecule has 0 spiro atoms. The topological polar surface area (TPSA) is 38.0 Å². The van der Waals surface area contributed by atoms with Gasteiger partial charge in [-0.2, -0.15) is 0 Å². The van der Waals surface area contributed by atoms with Crippen LogP contribution < -0.4 is 11.3 Å². The number of hydrogen-bond acceptors (Lipinski definition) is 2. The molecule has 0 aliphatic heterocycles. The van der Waals surface area contributed by atoms with Crippen molar-refractivity contribution in [2.75, 3.05) is 0 Å². The minimum absolute atomic E-state index is 0.476. The second-order valence-corrected chi connectivity index (χ2v) is 7.71. The van der Waals surface area contributed by atoms with Crippen LogP contribution in [0.3, 0.4) is 0 Å². The van der Waals surface area contributed by atoms with Gasteiger partial charge in [0.05, 0.1) is 0 Å². The number of nitrogens with two attached hydrogens (primary N) is 1. The van der Waals surface area contributed by atoms with Gasteiger partial charge in [-0.3, -0.25) is 11.3 Å². The molecule has 0 aromatic rings. The Labute approximate surface area is 113 Å². The van der Waals surface area contributed by atoms with E-state index < -0.39 is 0 Å². The Balaban J connectivity index is 2.05. The summed E-state index contributed by atoms with van der Waals surface area (Å²) >= 11 is 0. The van der Waals surface area contributed by atoms with Gasteiger partial charge in [0.25, 0.3) is 0 Å². The van der Waals surface area contributed by atoms with Gasteiger partial charge >= 0.3 is 0 Å². The highest BCUT2D eigenvalue weighted by Crippen LogP contribution is 2.48. The largest absolute Gasteiger partial charge is 0.271 e. The smallest absolute Gasteiger partial charge is 0.0272 e. The highest BCUT2D eigenvalue weighted by molar-refractivity contribution is 4.95. The molecule has 2 rings (SSSR count). The molecule has 5 unspecified atom stereocenters. The molecule has 0 bridgehead atoms. The molecule has 5 atom stereocenters. The molecule has 0 aromatic carbocycles. The van der Waals surface area contributed by atoms with E-state index in [0.717, 1.165) is 23.7 Å². The second-order valence-electron chi connectivity index (χ2n) is 7.71. The molecule has 3 N–H and O–H groups in total. The zero-order valence-electron chi connectivity index (χ0n) is 12.7. The molecular weight excluding hydrogens is 220 g/mol. The van der Waals surface area contributed by atoms with Crippen molar-refractivity contribution in [3.63, 3.8) is 0 Å². The van der Waals surface area contributed by atoms with Crippen molar-refractivity contribution in [3.8, 4) is 0 Å². The summed E-state index contributed by atoms with van der Waals surface area (Å²) < 4.78 is 0. The maximum Gasteiger partial charge on any atom is 0.0272 e. The lowest BCUT2D eigenvalue weighted by molar-refractivity contribution is 0.0993. The van der Waals surface area contributed by atoms with Crippen molar-refractivity contribution in [2.45, 2.75) is 72.3 Å². The summed E-state index contributed by atoms with van der Waals surface area (Å²) in [5, 5.41) is 0. The van der Waals surface area contributed by atoms with Gasteiger partial charge in [-0.15, -0.1) is 0 Å². The Kier molecular flexibility index (Phi) is 4.38. The van der Waals surface area contributed by atoms with E-state index in [4.69, 9.17) is 5.84 Å². The monoisotopic (exact) mass is 252 g/mol. The zero-order valence-corrected chi connectivity index (χ0v) is 12.7. The van der Waals surface area contributed by atoms with Crippen LogP contribution in [0.25, 0.3) is 0 Å². The highest BCUT2D eigenvalue weighted by Gasteiger charge is 2.43. The Bertz CT molecular complexity index is 274. The first-order chi connectivity index (χ1) is 8.45. The Morgan fingerprint density at radius 1 is 1.11 bits per heavy atom. The lowest BCUT2D eigenvalue weighted by Crippen LogP contribution is -2.50. The number of hydrazine groups is 1. The second kappa shape index (κ2) is 5.50. The van der Waals surface area contributed by atoms with Gasteiger partial charge in [0.1, 0.15) is 0 Å². The van der Waals surface area contributed by atoms with Gasteiger partial charge in [0, 0.05) is 6.04 Å². The summed E-state index contributed by atoms with van der Waals surface area (Å²) in [6, 6.07) is 0.539. The van der Waals surface area contributed by atoms with E-state index in [9.17, 15) is 0 Å². The normalized spacial score (nSPS) is 41.8. The van der Waals surface area contributed by atoms with E-state index in [1.165, 1.54) is 38.5 Å². The van der Waals surface area contributed by atoms with E-state index >= 15 is 0 Å². The maximum absolute atomic E-state index is 5.93. The fourth-order valence-electron chi connectivity index (χ4n) is 4.52. The van der Waals surface area contributed by atoms with E-state index in [1.807, 2.05) is 0 Å². The Morgan fingerprint density at radius 3 is 2.33 bits per heavy atom. The zero-order chi connectivity index (χ0) is 13.3. The van der Waals surface area contributed by atoms with Gasteiger partial charge in [-0.05, 0) is 54.8 Å². The molecule has 106 valence electrons. The van der Waals surface area contributed by atoms with E-state index in [0.29, 0.717) is 11.5 Å². The van der Waals surface area contributed by atoms with Crippen LogP contribution in [-0.4, -0.2) is 6.04 Å². The first-order valence-corrected chi connectivity index (χ1v) is 7.92. The lowest BCUT2D eigenvalue weighted by atomic mass is 9.67. The first kappa shape index (κ1) is 14.3. The fourth-order valence-corrected chi connectivity index (χ4v) is 4.52. The third-order valence-electron chi connectivity index (χ3n) is 6.11. The van der Waals surface area contributed by atoms with Crippen LogP contribution in [0, 0.1) is 29.1 Å². The summed E-state index contributed by atoms with van der Waals surface area (Å²) in [5.74, 6) is 9.27. The van der Waals surface area contributed by atoms with Crippen molar-refractivity contribution in [3.05, 3.63) is 0 Å². The number of nitrogens with one attached hydrogen (secondary N) is 1. The number of rotatable bonds is 3. The molecule has 2 nitrogen and oxygen atoms in total. The molecule has 2 aliphatic rings. The predicted molar refractivity (Wildman–Crippen MR) is 77.9 cm³/mol. The summed E-state index contributed by atoms with van der Waals surface area (Å²) in [4.78, 5) is 0. The van der Waals surface area contributed by atoms with E-state index in [2.05, 4.69) is 33.1 Å². The molecule has 2 aliphatic carbocycles. The summed E-state index contributed by atoms with van der Waals surface area (Å²) in [7, 11) is 0. The summed E-state index contributed by atoms with van der Waals surface area (Å²) in [5.41, 5.74) is 3.68. The molecule has 0 radical (unpaired) electrons. The van der Waals surface area contributed by atoms with E-state index in [1.54, 1.807) is 0 Å². The fraction of sp³-hybridized carbons (Fsp3) is 1.00. The van der Waals surface area contributed by atoms with Crippen molar-refractivity contribution in [2.24, 2.45) is 34.9 Å². The maximum atomic E-state index is 5.93. The van der Waals surface area contributed by atoms with Crippen molar-refractivity contribution in [1.82, 2.24) is 5.43 Å². The highest BCUT2D eigenvalue weighted by atomic mass is 15.2. The van der Waals surface area contributed by atoms with Crippen LogP contribution >= 0.6 is 0 Å². The minimum Gasteiger partial charge on any atom is -0.271 e. The quantitative estimate of drug-likeness (QED) is 0.593. The van der Waals surface area contributed by atoms with Crippen LogP contribution in [-0.2, 0) is 0 Å². The third-order valence-corrected chi connectivity index (χ3v) is 6.11. The predicted octanol–water partition coefficient (Wildman–Crippen LogP) is 3.72. The SMILES string of the molecule is CC1CCC(C(NN)C2CCCC2(C)C)CC1C. The molecule has 0 amide bonds. The molecular formula is C16H32N2. The average Bonchev–Trinajstić information content (AvgIpc) is 2.65. The van der Waals surface area contributed by atoms with Gasteiger partial charge in [0.2, 0.25) is 0 Å². The summed E-state index contributed by atoms with van der Waals surface area (Å²) in [6.45, 7) is 9.70. The van der Waals surface area contributed by atoms with Gasteiger partial charge < -0.3 is 0 Å². The molecule has 0 aromatic heterocycles. The van der Waals surface area contributed by atoms with Crippen LogP contribution in [0.15, 0.2) is 0 Å². The van der Waals surface area contributed by atoms with Crippen molar-refractivity contribution in [1.29, 1.82) is 0 Å². The van der Waals surface area contributed by atoms with Gasteiger partial charge in [-0.25, -0.2) is 0 Å². The average molecular weight is 252 g/mol. The molecule has 0 heterocycles. The lowest BCUT2D eigenvalue weighted by Gasteiger charge is -2.42. The van der Waals surface area contributed by atoms with Crippen molar-refractivity contribution < 1.29 is 0 Å². The Hall–Kier alpha value is -0.0800. The molecule has 0 saturated heterocycles. The summed E-state index contributed by atoms with van der Waals surface area (Å²) in [6.07, 6.45) is 8.23. The first-order valence-electron chi connectivity index (χ1n) is 7.92. The van der Waals surface area contributed by atoms with Crippen LogP contribution in [0.1, 0.15) is 66.2 Å². The van der Waals surface area contributed by atoms with Crippen LogP contribution in [0.2, 0.25) is 0 Å². The molecule has 18 heavy (non-hydrogen) atoms. The van der Waals surface area contributed by atoms with Crippen LogP contribution in [0.5, 0.6) is 0 Å². The Morgan fingerprint density at radius 2 is 1.83 bits per heavy atom. The van der Waals surface area contributed by atoms with Crippen molar-refractivity contribution >= 4 is 0 Å². The van der Waals surface area contributed by atoms with Crippen LogP contribution in [0.4, 0.5) is 0 Å². The number of hydrogen-bond donors (Lipinski definition) is 2. The minimum atomic E-state index is 0.476. The molecule has 2 fully saturated rings. The van der Waals surface area contributed by atoms with Gasteiger partial charge in [0.15, 0.2) is 0 Å².